The van der Waals surface area contributed by atoms with E-state index in [1.807, 2.05) is 92.8 Å². The Bertz CT molecular complexity index is 2090. The monoisotopic (exact) mass is 521 g/mol. The molecule has 4 nitrogen and oxygen atoms in total. The van der Waals surface area contributed by atoms with E-state index >= 15 is 0 Å². The van der Waals surface area contributed by atoms with Gasteiger partial charge in [0.05, 0.1) is 17.0 Å². The van der Waals surface area contributed by atoms with E-state index < -0.39 is 0 Å². The van der Waals surface area contributed by atoms with E-state index in [4.69, 9.17) is 9.47 Å². The van der Waals surface area contributed by atoms with E-state index in [1.54, 1.807) is 6.07 Å². The topological polar surface area (TPSA) is 40.5 Å². The van der Waals surface area contributed by atoms with Gasteiger partial charge in [-0.2, -0.15) is 0 Å². The maximum atomic E-state index is 13.3. The van der Waals surface area contributed by atoms with Crippen molar-refractivity contribution in [2.75, 3.05) is 0 Å². The summed E-state index contributed by atoms with van der Waals surface area (Å²) in [6.07, 6.45) is 1.96. The van der Waals surface area contributed by atoms with Gasteiger partial charge < -0.3 is 14.0 Å². The molecule has 1 aromatic heterocycles. The third kappa shape index (κ3) is 4.24. The van der Waals surface area contributed by atoms with Crippen LogP contribution >= 0.6 is 0 Å². The number of rotatable bonds is 5. The molecule has 0 bridgehead atoms. The molecule has 40 heavy (non-hydrogen) atoms. The SMILES string of the molecule is CC(C)Oc1ccc(-n2ccc(=O)c3c4cc5cc6cccc(Oc7ccccc7)c6cc5cc4ccc32)cc1. The zero-order chi connectivity index (χ0) is 27.2. The van der Waals surface area contributed by atoms with Gasteiger partial charge >= 0.3 is 0 Å². The van der Waals surface area contributed by atoms with Crippen LogP contribution in [-0.4, -0.2) is 10.7 Å². The normalized spacial score (nSPS) is 11.6. The molecule has 6 aromatic carbocycles. The third-order valence-electron chi connectivity index (χ3n) is 7.25. The Morgan fingerprint density at radius 1 is 0.625 bits per heavy atom. The van der Waals surface area contributed by atoms with Gasteiger partial charge in [0.25, 0.3) is 0 Å². The van der Waals surface area contributed by atoms with Gasteiger partial charge in [0.1, 0.15) is 17.2 Å². The number of ether oxygens (including phenoxy) is 2. The molecule has 0 aliphatic rings. The number of aromatic nitrogens is 1. The first-order chi connectivity index (χ1) is 19.5. The standard InChI is InChI=1S/C36H27NO3/c1-23(2)39-30-14-12-28(13-15-30)37-18-17-34(38)36-32-22-27-19-24-7-6-10-35(40-29-8-4-3-5-9-29)31(24)21-26(27)20-25(32)11-16-33(36)37/h3-23H,1-2H3. The number of pyridine rings is 1. The molecule has 0 aliphatic carbocycles. The predicted molar refractivity (Wildman–Crippen MR) is 164 cm³/mol. The Hall–Kier alpha value is -5.09. The van der Waals surface area contributed by atoms with Crippen molar-refractivity contribution in [3.8, 4) is 22.9 Å². The summed E-state index contributed by atoms with van der Waals surface area (Å²) in [7, 11) is 0. The van der Waals surface area contributed by atoms with Gasteiger partial charge in [-0.25, -0.2) is 0 Å². The van der Waals surface area contributed by atoms with Gasteiger partial charge in [-0.05, 0) is 114 Å². The molecule has 0 amide bonds. The minimum Gasteiger partial charge on any atom is -0.491 e. The predicted octanol–water partition coefficient (Wildman–Crippen LogP) is 9.03. The summed E-state index contributed by atoms with van der Waals surface area (Å²) in [5.41, 5.74) is 1.85. The molecule has 7 rings (SSSR count). The molecule has 0 atom stereocenters. The van der Waals surface area contributed by atoms with E-state index in [1.165, 1.54) is 0 Å². The molecule has 0 unspecified atom stereocenters. The second-order valence-corrected chi connectivity index (χ2v) is 10.3. The van der Waals surface area contributed by atoms with Crippen molar-refractivity contribution in [2.45, 2.75) is 20.0 Å². The highest BCUT2D eigenvalue weighted by Gasteiger charge is 2.12. The number of fused-ring (bicyclic) bond motifs is 5. The van der Waals surface area contributed by atoms with Crippen LogP contribution in [0.4, 0.5) is 0 Å². The van der Waals surface area contributed by atoms with Gasteiger partial charge in [-0.3, -0.25) is 4.79 Å². The first kappa shape index (κ1) is 24.0. The molecular formula is C36H27NO3. The molecule has 7 aromatic rings. The maximum absolute atomic E-state index is 13.3. The van der Waals surface area contributed by atoms with E-state index in [2.05, 4.69) is 41.0 Å². The molecule has 0 fully saturated rings. The molecule has 0 spiro atoms. The van der Waals surface area contributed by atoms with Crippen molar-refractivity contribution in [3.63, 3.8) is 0 Å². The fourth-order valence-electron chi connectivity index (χ4n) is 5.46. The zero-order valence-corrected chi connectivity index (χ0v) is 22.3. The second kappa shape index (κ2) is 9.58. The van der Waals surface area contributed by atoms with Crippen molar-refractivity contribution in [3.05, 3.63) is 132 Å². The van der Waals surface area contributed by atoms with Crippen LogP contribution < -0.4 is 14.9 Å². The first-order valence-electron chi connectivity index (χ1n) is 13.5. The van der Waals surface area contributed by atoms with Crippen molar-refractivity contribution < 1.29 is 9.47 Å². The molecule has 0 radical (unpaired) electrons. The fraction of sp³-hybridized carbons (Fsp3) is 0.0833. The Kier molecular flexibility index (Phi) is 5.75. The Morgan fingerprint density at radius 3 is 2.10 bits per heavy atom. The van der Waals surface area contributed by atoms with E-state index in [0.717, 1.165) is 60.8 Å². The lowest BCUT2D eigenvalue weighted by Gasteiger charge is -2.15. The van der Waals surface area contributed by atoms with Crippen molar-refractivity contribution >= 4 is 43.2 Å². The highest BCUT2D eigenvalue weighted by Crippen LogP contribution is 2.35. The summed E-state index contributed by atoms with van der Waals surface area (Å²) in [6, 6.07) is 38.4. The van der Waals surface area contributed by atoms with Gasteiger partial charge in [0.15, 0.2) is 5.43 Å². The third-order valence-corrected chi connectivity index (χ3v) is 7.25. The molecular weight excluding hydrogens is 494 g/mol. The van der Waals surface area contributed by atoms with Gasteiger partial charge in [-0.1, -0.05) is 36.4 Å². The number of para-hydroxylation sites is 1. The van der Waals surface area contributed by atoms with Crippen molar-refractivity contribution in [1.82, 2.24) is 4.57 Å². The lowest BCUT2D eigenvalue weighted by atomic mass is 9.97. The summed E-state index contributed by atoms with van der Waals surface area (Å²) in [6.45, 7) is 4.02. The summed E-state index contributed by atoms with van der Waals surface area (Å²) < 4.78 is 14.1. The van der Waals surface area contributed by atoms with Gasteiger partial charge in [-0.15, -0.1) is 0 Å². The molecule has 194 valence electrons. The lowest BCUT2D eigenvalue weighted by Crippen LogP contribution is -2.08. The second-order valence-electron chi connectivity index (χ2n) is 10.3. The van der Waals surface area contributed by atoms with Gasteiger partial charge in [0.2, 0.25) is 0 Å². The van der Waals surface area contributed by atoms with Crippen LogP contribution in [0.1, 0.15) is 13.8 Å². The van der Waals surface area contributed by atoms with Crippen molar-refractivity contribution in [1.29, 1.82) is 0 Å². The van der Waals surface area contributed by atoms with E-state index in [-0.39, 0.29) is 11.5 Å². The number of benzene rings is 6. The first-order valence-corrected chi connectivity index (χ1v) is 13.5. The highest BCUT2D eigenvalue weighted by atomic mass is 16.5. The van der Waals surface area contributed by atoms with E-state index in [9.17, 15) is 4.79 Å². The average molecular weight is 522 g/mol. The minimum absolute atomic E-state index is 0.00953. The van der Waals surface area contributed by atoms with Crippen LogP contribution in [-0.2, 0) is 0 Å². The Balaban J connectivity index is 1.39. The maximum Gasteiger partial charge on any atom is 0.190 e. The largest absolute Gasteiger partial charge is 0.491 e. The number of nitrogens with zero attached hydrogens (tertiary/aromatic N) is 1. The van der Waals surface area contributed by atoms with Crippen LogP contribution in [0.5, 0.6) is 17.2 Å². The van der Waals surface area contributed by atoms with Gasteiger partial charge in [0, 0.05) is 23.3 Å². The summed E-state index contributed by atoms with van der Waals surface area (Å²) in [5.74, 6) is 2.45. The minimum atomic E-state index is 0.00953. The molecule has 0 saturated heterocycles. The quantitative estimate of drug-likeness (QED) is 0.168. The van der Waals surface area contributed by atoms with E-state index in [0.29, 0.717) is 5.39 Å². The number of hydrogen-bond donors (Lipinski definition) is 0. The van der Waals surface area contributed by atoms with Crippen LogP contribution in [0, 0.1) is 0 Å². The highest BCUT2D eigenvalue weighted by molar-refractivity contribution is 6.13. The van der Waals surface area contributed by atoms with Crippen LogP contribution in [0.2, 0.25) is 0 Å². The van der Waals surface area contributed by atoms with Crippen LogP contribution in [0.15, 0.2) is 126 Å². The summed E-state index contributed by atoms with van der Waals surface area (Å²) in [4.78, 5) is 13.3. The van der Waals surface area contributed by atoms with Crippen LogP contribution in [0.25, 0.3) is 48.9 Å². The summed E-state index contributed by atoms with van der Waals surface area (Å²) >= 11 is 0. The molecule has 1 heterocycles. The summed E-state index contributed by atoms with van der Waals surface area (Å²) in [5, 5.41) is 6.99. The molecule has 0 saturated carbocycles. The average Bonchev–Trinajstić information content (AvgIpc) is 2.96. The Morgan fingerprint density at radius 2 is 1.35 bits per heavy atom. The molecule has 0 aliphatic heterocycles. The molecule has 0 N–H and O–H groups in total. The zero-order valence-electron chi connectivity index (χ0n) is 22.3. The number of hydrogen-bond acceptors (Lipinski definition) is 3. The fourth-order valence-corrected chi connectivity index (χ4v) is 5.46. The van der Waals surface area contributed by atoms with Crippen molar-refractivity contribution in [2.24, 2.45) is 0 Å². The molecule has 4 heteroatoms. The smallest absolute Gasteiger partial charge is 0.190 e. The lowest BCUT2D eigenvalue weighted by molar-refractivity contribution is 0.242. The van der Waals surface area contributed by atoms with Crippen LogP contribution in [0.3, 0.4) is 0 Å². The Labute approximate surface area is 231 Å².